The molecule has 1 unspecified atom stereocenters. The highest BCUT2D eigenvalue weighted by atomic mass is 32.1. The third-order valence-electron chi connectivity index (χ3n) is 3.42. The van der Waals surface area contributed by atoms with Crippen LogP contribution in [-0.4, -0.2) is 22.6 Å². The average molecular weight is 274 g/mol. The molecule has 1 atom stereocenters. The summed E-state index contributed by atoms with van der Waals surface area (Å²) >= 11 is 1.56. The summed E-state index contributed by atoms with van der Waals surface area (Å²) in [5, 5.41) is 11.3. The van der Waals surface area contributed by atoms with Crippen molar-refractivity contribution in [3.8, 4) is 0 Å². The predicted octanol–water partition coefficient (Wildman–Crippen LogP) is 2.41. The highest BCUT2D eigenvalue weighted by Gasteiger charge is 2.28. The number of nitrogens with zero attached hydrogens (tertiary/aromatic N) is 2. The summed E-state index contributed by atoms with van der Waals surface area (Å²) in [4.78, 5) is 17.7. The van der Waals surface area contributed by atoms with E-state index in [9.17, 15) is 9.90 Å². The zero-order valence-electron chi connectivity index (χ0n) is 10.3. The van der Waals surface area contributed by atoms with Crippen LogP contribution in [0.5, 0.6) is 0 Å². The second-order valence-corrected chi connectivity index (χ2v) is 5.45. The maximum absolute atomic E-state index is 11.3. The number of benzene rings is 1. The first-order valence-corrected chi connectivity index (χ1v) is 7.11. The molecule has 4 nitrogen and oxygen atoms in total. The molecule has 98 valence electrons. The van der Waals surface area contributed by atoms with Crippen molar-refractivity contribution in [2.24, 2.45) is 5.92 Å². The minimum absolute atomic E-state index is 0.339. The first-order chi connectivity index (χ1) is 9.24. The number of aliphatic carboxylic acids is 1. The molecule has 0 saturated heterocycles. The van der Waals surface area contributed by atoms with E-state index >= 15 is 0 Å². The number of para-hydroxylation sites is 1. The van der Waals surface area contributed by atoms with Crippen LogP contribution in [0.2, 0.25) is 0 Å². The average Bonchev–Trinajstić information content (AvgIpc) is 2.91. The quantitative estimate of drug-likeness (QED) is 0.934. The van der Waals surface area contributed by atoms with Crippen molar-refractivity contribution in [3.63, 3.8) is 0 Å². The summed E-state index contributed by atoms with van der Waals surface area (Å²) in [7, 11) is 0. The van der Waals surface area contributed by atoms with Crippen molar-refractivity contribution in [1.29, 1.82) is 0 Å². The molecule has 0 amide bonds. The van der Waals surface area contributed by atoms with Gasteiger partial charge in [-0.05, 0) is 18.1 Å². The Morgan fingerprint density at radius 1 is 1.47 bits per heavy atom. The molecule has 0 saturated carbocycles. The van der Waals surface area contributed by atoms with Crippen molar-refractivity contribution in [2.75, 3.05) is 11.4 Å². The highest BCUT2D eigenvalue weighted by Crippen LogP contribution is 2.30. The van der Waals surface area contributed by atoms with Gasteiger partial charge in [-0.15, -0.1) is 11.3 Å². The van der Waals surface area contributed by atoms with Crippen molar-refractivity contribution in [3.05, 3.63) is 46.4 Å². The van der Waals surface area contributed by atoms with E-state index in [1.165, 1.54) is 0 Å². The van der Waals surface area contributed by atoms with Gasteiger partial charge in [-0.1, -0.05) is 18.2 Å². The minimum Gasteiger partial charge on any atom is -0.481 e. The molecule has 1 aliphatic heterocycles. The fraction of sp³-hybridized carbons (Fsp3) is 0.286. The van der Waals surface area contributed by atoms with Gasteiger partial charge in [0.15, 0.2) is 0 Å². The van der Waals surface area contributed by atoms with Gasteiger partial charge in [0.25, 0.3) is 0 Å². The van der Waals surface area contributed by atoms with Crippen molar-refractivity contribution < 1.29 is 9.90 Å². The van der Waals surface area contributed by atoms with E-state index in [0.29, 0.717) is 19.5 Å². The Morgan fingerprint density at radius 3 is 3.05 bits per heavy atom. The van der Waals surface area contributed by atoms with E-state index in [2.05, 4.69) is 16.0 Å². The monoisotopic (exact) mass is 274 g/mol. The van der Waals surface area contributed by atoms with Crippen LogP contribution in [0.4, 0.5) is 5.69 Å². The Kier molecular flexibility index (Phi) is 3.21. The molecule has 0 bridgehead atoms. The zero-order chi connectivity index (χ0) is 13.2. The maximum atomic E-state index is 11.3. The molecular formula is C14H14N2O2S. The molecule has 19 heavy (non-hydrogen) atoms. The van der Waals surface area contributed by atoms with Gasteiger partial charge in [-0.2, -0.15) is 0 Å². The van der Waals surface area contributed by atoms with Gasteiger partial charge < -0.3 is 10.0 Å². The predicted molar refractivity (Wildman–Crippen MR) is 74.4 cm³/mol. The fourth-order valence-electron chi connectivity index (χ4n) is 2.51. The van der Waals surface area contributed by atoms with Crippen LogP contribution in [0.3, 0.4) is 0 Å². The number of rotatable bonds is 3. The van der Waals surface area contributed by atoms with Crippen LogP contribution >= 0.6 is 11.3 Å². The van der Waals surface area contributed by atoms with Gasteiger partial charge in [-0.25, -0.2) is 4.98 Å². The number of hydrogen-bond donors (Lipinski definition) is 1. The van der Waals surface area contributed by atoms with Crippen molar-refractivity contribution >= 4 is 23.0 Å². The van der Waals surface area contributed by atoms with E-state index < -0.39 is 5.97 Å². The summed E-state index contributed by atoms with van der Waals surface area (Å²) in [6.45, 7) is 1.22. The molecule has 0 radical (unpaired) electrons. The van der Waals surface area contributed by atoms with E-state index in [1.807, 2.05) is 23.6 Å². The van der Waals surface area contributed by atoms with E-state index in [0.717, 1.165) is 16.9 Å². The van der Waals surface area contributed by atoms with Gasteiger partial charge in [-0.3, -0.25) is 4.79 Å². The van der Waals surface area contributed by atoms with Gasteiger partial charge in [0.2, 0.25) is 0 Å². The lowest BCUT2D eigenvalue weighted by molar-refractivity contribution is -0.141. The van der Waals surface area contributed by atoms with Crippen LogP contribution in [0.1, 0.15) is 11.3 Å². The maximum Gasteiger partial charge on any atom is 0.308 e. The van der Waals surface area contributed by atoms with Crippen LogP contribution in [0.15, 0.2) is 35.2 Å². The normalized spacial score (nSPS) is 18.1. The standard InChI is InChI=1S/C14H14N2O2S/c17-14(18)11-5-10-3-1-2-4-13(10)16(6-11)7-12-8-19-9-15-12/h1-4,8-9,11H,5-7H2,(H,17,18). The number of aromatic nitrogens is 1. The van der Waals surface area contributed by atoms with Crippen molar-refractivity contribution in [2.45, 2.75) is 13.0 Å². The third-order valence-corrected chi connectivity index (χ3v) is 4.06. The van der Waals surface area contributed by atoms with Crippen molar-refractivity contribution in [1.82, 2.24) is 4.98 Å². The first-order valence-electron chi connectivity index (χ1n) is 6.17. The largest absolute Gasteiger partial charge is 0.481 e. The third kappa shape index (κ3) is 2.46. The molecule has 0 aliphatic carbocycles. The van der Waals surface area contributed by atoms with Gasteiger partial charge in [0.05, 0.1) is 23.7 Å². The highest BCUT2D eigenvalue weighted by molar-refractivity contribution is 7.07. The summed E-state index contributed by atoms with van der Waals surface area (Å²) in [6.07, 6.45) is 0.610. The molecule has 1 aromatic heterocycles. The molecule has 5 heteroatoms. The first kappa shape index (κ1) is 12.2. The topological polar surface area (TPSA) is 53.4 Å². The number of anilines is 1. The lowest BCUT2D eigenvalue weighted by Crippen LogP contribution is -2.38. The number of hydrogen-bond acceptors (Lipinski definition) is 4. The van der Waals surface area contributed by atoms with Crippen LogP contribution in [-0.2, 0) is 17.8 Å². The minimum atomic E-state index is -0.724. The lowest BCUT2D eigenvalue weighted by atomic mass is 9.92. The Hall–Kier alpha value is -1.88. The number of carboxylic acids is 1. The summed E-state index contributed by atoms with van der Waals surface area (Å²) in [5.74, 6) is -1.06. The SMILES string of the molecule is O=C(O)C1Cc2ccccc2N(Cc2cscn2)C1. The van der Waals surface area contributed by atoms with E-state index in [-0.39, 0.29) is 5.92 Å². The summed E-state index contributed by atoms with van der Waals surface area (Å²) < 4.78 is 0. The molecule has 2 aromatic rings. The number of thiazole rings is 1. The molecule has 1 aliphatic rings. The Morgan fingerprint density at radius 2 is 2.32 bits per heavy atom. The molecular weight excluding hydrogens is 260 g/mol. The summed E-state index contributed by atoms with van der Waals surface area (Å²) in [6, 6.07) is 8.02. The molecule has 1 aromatic carbocycles. The lowest BCUT2D eigenvalue weighted by Gasteiger charge is -2.34. The van der Waals surface area contributed by atoms with E-state index in [1.54, 1.807) is 16.8 Å². The Labute approximate surface area is 115 Å². The number of carbonyl (C=O) groups is 1. The summed E-state index contributed by atoms with van der Waals surface area (Å²) in [5.41, 5.74) is 5.04. The molecule has 1 N–H and O–H groups in total. The fourth-order valence-corrected chi connectivity index (χ4v) is 3.06. The molecule has 2 heterocycles. The van der Waals surface area contributed by atoms with Gasteiger partial charge >= 0.3 is 5.97 Å². The van der Waals surface area contributed by atoms with Crippen LogP contribution in [0.25, 0.3) is 0 Å². The van der Waals surface area contributed by atoms with Crippen LogP contribution in [0, 0.1) is 5.92 Å². The zero-order valence-corrected chi connectivity index (χ0v) is 11.1. The second kappa shape index (κ2) is 5.01. The van der Waals surface area contributed by atoms with Gasteiger partial charge in [0.1, 0.15) is 0 Å². The smallest absolute Gasteiger partial charge is 0.308 e. The van der Waals surface area contributed by atoms with Gasteiger partial charge in [0, 0.05) is 17.6 Å². The Bertz CT molecular complexity index is 583. The molecule has 0 spiro atoms. The van der Waals surface area contributed by atoms with Crippen LogP contribution < -0.4 is 4.90 Å². The molecule has 3 rings (SSSR count). The Balaban J connectivity index is 1.91. The van der Waals surface area contributed by atoms with E-state index in [4.69, 9.17) is 0 Å². The number of fused-ring (bicyclic) bond motifs is 1. The number of carboxylic acid groups (broad SMARTS) is 1. The second-order valence-electron chi connectivity index (χ2n) is 4.73. The molecule has 0 fully saturated rings.